The molecule has 1 aliphatic rings. The Labute approximate surface area is 108 Å². The Bertz CT molecular complexity index is 744. The average molecular weight is 254 g/mol. The Morgan fingerprint density at radius 1 is 0.789 bits per heavy atom. The molecule has 7 nitrogen and oxygen atoms in total. The highest BCUT2D eigenvalue weighted by Crippen LogP contribution is 2.34. The number of fused-ring (bicyclic) bond motifs is 3. The molecular weight excluding hydrogens is 244 g/mol. The monoisotopic (exact) mass is 254 g/mol. The second kappa shape index (κ2) is 3.41. The second-order valence-electron chi connectivity index (χ2n) is 4.56. The number of nitrogens with zero attached hydrogens (tertiary/aromatic N) is 4. The third-order valence-corrected chi connectivity index (χ3v) is 3.24. The van der Waals surface area contributed by atoms with E-state index in [2.05, 4.69) is 49.4 Å². The van der Waals surface area contributed by atoms with Gasteiger partial charge in [-0.05, 0) is 47.4 Å². The molecule has 0 bridgehead atoms. The molecule has 0 saturated carbocycles. The number of hydrogen-bond acceptors (Lipinski definition) is 7. The van der Waals surface area contributed by atoms with Gasteiger partial charge < -0.3 is 10.6 Å². The van der Waals surface area contributed by atoms with Crippen LogP contribution in [0.2, 0.25) is 0 Å². The Balaban J connectivity index is 1.94. The topological polar surface area (TPSA) is 88.8 Å². The Morgan fingerprint density at radius 2 is 1.26 bits per heavy atom. The molecule has 1 aromatic carbocycles. The minimum atomic E-state index is 0.519. The summed E-state index contributed by atoms with van der Waals surface area (Å²) in [5.41, 5.74) is 4.07. The maximum Gasteiger partial charge on any atom is 0.221 e. The van der Waals surface area contributed by atoms with E-state index in [0.717, 1.165) is 11.0 Å². The van der Waals surface area contributed by atoms with Gasteiger partial charge in [-0.25, -0.2) is 14.6 Å². The number of nitrogens with one attached hydrogen (secondary N) is 2. The van der Waals surface area contributed by atoms with Crippen LogP contribution in [0.15, 0.2) is 16.8 Å². The van der Waals surface area contributed by atoms with Crippen LogP contribution < -0.4 is 10.6 Å². The van der Waals surface area contributed by atoms with Crippen molar-refractivity contribution in [1.82, 2.24) is 20.3 Å². The van der Waals surface area contributed by atoms with Gasteiger partial charge in [0.2, 0.25) is 11.6 Å². The van der Waals surface area contributed by atoms with Crippen LogP contribution in [0.1, 0.15) is 11.1 Å². The van der Waals surface area contributed by atoms with E-state index in [1.54, 1.807) is 0 Å². The highest BCUT2D eigenvalue weighted by Gasteiger charge is 2.22. The summed E-state index contributed by atoms with van der Waals surface area (Å²) in [5.74, 6) is 2.29. The Kier molecular flexibility index (Phi) is 1.84. The molecule has 7 heteroatoms. The van der Waals surface area contributed by atoms with Gasteiger partial charge in [0, 0.05) is 0 Å². The molecule has 3 heterocycles. The fraction of sp³-hybridized carbons (Fsp3) is 0.167. The molecule has 0 aliphatic carbocycles. The van der Waals surface area contributed by atoms with Crippen molar-refractivity contribution in [3.63, 3.8) is 0 Å². The number of hydrogen-bond donors (Lipinski definition) is 2. The van der Waals surface area contributed by atoms with Gasteiger partial charge in [-0.2, -0.15) is 0 Å². The zero-order chi connectivity index (χ0) is 13.0. The molecule has 0 saturated heterocycles. The van der Waals surface area contributed by atoms with E-state index < -0.39 is 0 Å². The number of aromatic nitrogens is 4. The minimum Gasteiger partial charge on any atom is -0.316 e. The van der Waals surface area contributed by atoms with Gasteiger partial charge in [0.1, 0.15) is 0 Å². The highest BCUT2D eigenvalue weighted by molar-refractivity contribution is 5.88. The lowest BCUT2D eigenvalue weighted by atomic mass is 10.1. The summed E-state index contributed by atoms with van der Waals surface area (Å²) >= 11 is 0. The summed E-state index contributed by atoms with van der Waals surface area (Å²) in [5, 5.41) is 13.6. The fourth-order valence-electron chi connectivity index (χ4n) is 2.06. The smallest absolute Gasteiger partial charge is 0.221 e. The normalized spacial score (nSPS) is 12.5. The first-order chi connectivity index (χ1) is 9.20. The van der Waals surface area contributed by atoms with Crippen LogP contribution in [0.5, 0.6) is 0 Å². The van der Waals surface area contributed by atoms with Gasteiger partial charge in [0.25, 0.3) is 0 Å². The van der Waals surface area contributed by atoms with Crippen LogP contribution >= 0.6 is 0 Å². The molecule has 3 aromatic rings. The van der Waals surface area contributed by atoms with Gasteiger partial charge in [-0.1, -0.05) is 0 Å². The lowest BCUT2D eigenvalue weighted by Crippen LogP contribution is -2.10. The van der Waals surface area contributed by atoms with Crippen LogP contribution in [-0.2, 0) is 0 Å². The van der Waals surface area contributed by atoms with Crippen molar-refractivity contribution in [2.75, 3.05) is 10.6 Å². The van der Waals surface area contributed by atoms with E-state index in [0.29, 0.717) is 23.3 Å². The van der Waals surface area contributed by atoms with E-state index in [4.69, 9.17) is 0 Å². The van der Waals surface area contributed by atoms with Crippen LogP contribution in [-0.4, -0.2) is 20.3 Å². The largest absolute Gasteiger partial charge is 0.316 e. The van der Waals surface area contributed by atoms with Crippen LogP contribution in [0.3, 0.4) is 0 Å². The van der Waals surface area contributed by atoms with Gasteiger partial charge in [-0.15, -0.1) is 0 Å². The maximum absolute atomic E-state index is 4.65. The van der Waals surface area contributed by atoms with E-state index in [1.807, 2.05) is 12.1 Å². The predicted octanol–water partition coefficient (Wildman–Crippen LogP) is 2.43. The van der Waals surface area contributed by atoms with Gasteiger partial charge in [0.15, 0.2) is 11.6 Å². The summed E-state index contributed by atoms with van der Waals surface area (Å²) in [6.07, 6.45) is 0. The first-order valence-electron chi connectivity index (χ1n) is 5.86. The van der Waals surface area contributed by atoms with Gasteiger partial charge in [-0.3, -0.25) is 0 Å². The van der Waals surface area contributed by atoms with Crippen molar-refractivity contribution >= 4 is 34.3 Å². The zero-order valence-corrected chi connectivity index (χ0v) is 10.4. The van der Waals surface area contributed by atoms with Crippen LogP contribution in [0.25, 0.3) is 11.0 Å². The molecule has 2 N–H and O–H groups in total. The lowest BCUT2D eigenvalue weighted by molar-refractivity contribution is 0.311. The molecule has 1 aliphatic heterocycles. The lowest BCUT2D eigenvalue weighted by Gasteiger charge is -2.15. The summed E-state index contributed by atoms with van der Waals surface area (Å²) in [4.78, 5) is 9.10. The molecule has 0 radical (unpaired) electrons. The standard InChI is InChI=1S/C12H10N6O/c1-5-3-7-8(4-6(5)2)14-10-9(13-7)15-11-12(16-10)18-19-17-11/h3-4H,1-2H3,(H,13,15,17)(H,14,16,18). The average Bonchev–Trinajstić information content (AvgIpc) is 2.82. The molecule has 4 rings (SSSR count). The second-order valence-corrected chi connectivity index (χ2v) is 4.56. The number of aryl methyl sites for hydroxylation is 2. The van der Waals surface area contributed by atoms with Gasteiger partial charge >= 0.3 is 0 Å². The summed E-state index contributed by atoms with van der Waals surface area (Å²) < 4.78 is 4.65. The predicted molar refractivity (Wildman–Crippen MR) is 69.9 cm³/mol. The van der Waals surface area contributed by atoms with Crippen molar-refractivity contribution in [3.8, 4) is 0 Å². The van der Waals surface area contributed by atoms with E-state index >= 15 is 0 Å². The van der Waals surface area contributed by atoms with Crippen LogP contribution in [0.4, 0.5) is 23.3 Å². The summed E-state index contributed by atoms with van der Waals surface area (Å²) in [7, 11) is 0. The highest BCUT2D eigenvalue weighted by atomic mass is 16.6. The molecule has 0 amide bonds. The third-order valence-electron chi connectivity index (χ3n) is 3.24. The first kappa shape index (κ1) is 10.2. The zero-order valence-electron chi connectivity index (χ0n) is 10.4. The molecule has 0 fully saturated rings. The van der Waals surface area contributed by atoms with Gasteiger partial charge in [0.05, 0.1) is 11.0 Å². The van der Waals surface area contributed by atoms with E-state index in [9.17, 15) is 0 Å². The summed E-state index contributed by atoms with van der Waals surface area (Å²) in [6.45, 7) is 4.11. The number of benzene rings is 1. The van der Waals surface area contributed by atoms with E-state index in [-0.39, 0.29) is 0 Å². The molecule has 0 atom stereocenters. The summed E-state index contributed by atoms with van der Waals surface area (Å²) in [6, 6.07) is 4.05. The van der Waals surface area contributed by atoms with Crippen molar-refractivity contribution in [3.05, 3.63) is 23.3 Å². The Morgan fingerprint density at radius 3 is 1.74 bits per heavy atom. The number of anilines is 4. The van der Waals surface area contributed by atoms with E-state index in [1.165, 1.54) is 11.1 Å². The van der Waals surface area contributed by atoms with Crippen molar-refractivity contribution in [2.45, 2.75) is 13.8 Å². The Hall–Kier alpha value is -2.70. The molecule has 0 unspecified atom stereocenters. The van der Waals surface area contributed by atoms with Crippen molar-refractivity contribution < 1.29 is 4.63 Å². The first-order valence-corrected chi connectivity index (χ1v) is 5.86. The van der Waals surface area contributed by atoms with Crippen molar-refractivity contribution in [1.29, 1.82) is 0 Å². The quantitative estimate of drug-likeness (QED) is 0.498. The minimum absolute atomic E-state index is 0.519. The molecule has 0 spiro atoms. The van der Waals surface area contributed by atoms with Crippen molar-refractivity contribution in [2.24, 2.45) is 0 Å². The molecule has 19 heavy (non-hydrogen) atoms. The molecule has 2 aromatic heterocycles. The third kappa shape index (κ3) is 1.44. The fourth-order valence-corrected chi connectivity index (χ4v) is 2.06. The SMILES string of the molecule is Cc1cc2nc3c(nc2cc1C)Nc1nonc1N3. The molecular formula is C12H10N6O. The van der Waals surface area contributed by atoms with Crippen LogP contribution in [0, 0.1) is 13.8 Å². The maximum atomic E-state index is 4.65. The molecule has 94 valence electrons. The number of rotatable bonds is 0.